The van der Waals surface area contributed by atoms with Crippen molar-refractivity contribution in [1.82, 2.24) is 0 Å². The highest BCUT2D eigenvalue weighted by molar-refractivity contribution is 7.90. The zero-order valence-corrected chi connectivity index (χ0v) is 7.90. The van der Waals surface area contributed by atoms with Crippen LogP contribution in [0.3, 0.4) is 0 Å². The van der Waals surface area contributed by atoms with Gasteiger partial charge in [-0.05, 0) is 12.1 Å². The van der Waals surface area contributed by atoms with Crippen LogP contribution in [-0.4, -0.2) is 20.4 Å². The molecule has 0 aliphatic carbocycles. The molecule has 0 aliphatic rings. The summed E-state index contributed by atoms with van der Waals surface area (Å²) < 4.78 is 29.2. The van der Waals surface area contributed by atoms with E-state index in [-0.39, 0.29) is 0 Å². The number of hydrogen-bond donors (Lipinski definition) is 0. The molecule has 0 aliphatic heterocycles. The Balaban J connectivity index is 2.62. The lowest BCUT2D eigenvalue weighted by atomic mass is 10.3. The minimum atomic E-state index is -3.85. The summed E-state index contributed by atoms with van der Waals surface area (Å²) in [5.41, 5.74) is 0. The molecule has 0 amide bonds. The van der Waals surface area contributed by atoms with Crippen LogP contribution in [0.2, 0.25) is 0 Å². The number of rotatable bonds is 4. The van der Waals surface area contributed by atoms with E-state index < -0.39 is 16.0 Å². The molecule has 0 fully saturated rings. The topological polar surface area (TPSA) is 72.8 Å². The maximum absolute atomic E-state index is 10.8. The monoisotopic (exact) mass is 213 g/mol. The molecule has 1 aromatic rings. The number of nitrogens with zero attached hydrogens (tertiary/aromatic N) is 1. The number of para-hydroxylation sites is 1. The van der Waals surface area contributed by atoms with Gasteiger partial charge in [-0.15, -0.1) is 0 Å². The van der Waals surface area contributed by atoms with Gasteiger partial charge in [-0.1, -0.05) is 22.6 Å². The maximum Gasteiger partial charge on any atom is 0.298 e. The first-order chi connectivity index (χ1) is 6.64. The summed E-state index contributed by atoms with van der Waals surface area (Å²) in [6.07, 6.45) is 0.951. The summed E-state index contributed by atoms with van der Waals surface area (Å²) in [6, 6.07) is 8.36. The normalized spacial score (nSPS) is 10.3. The number of ether oxygens (including phenoxy) is 1. The number of carbonyl (C=O) groups excluding carboxylic acids is 1. The quantitative estimate of drug-likeness (QED) is 0.544. The van der Waals surface area contributed by atoms with Gasteiger partial charge in [0.2, 0.25) is 5.94 Å². The highest BCUT2D eigenvalue weighted by atomic mass is 32.2. The van der Waals surface area contributed by atoms with E-state index in [9.17, 15) is 13.2 Å². The molecule has 0 atom stereocenters. The predicted octanol–water partition coefficient (Wildman–Crippen LogP) is 0.689. The van der Waals surface area contributed by atoms with Crippen molar-refractivity contribution in [3.05, 3.63) is 30.3 Å². The van der Waals surface area contributed by atoms with Crippen molar-refractivity contribution in [2.45, 2.75) is 0 Å². The Morgan fingerprint density at radius 3 is 2.50 bits per heavy atom. The Kier molecular flexibility index (Phi) is 3.39. The molecular weight excluding hydrogens is 206 g/mol. The summed E-state index contributed by atoms with van der Waals surface area (Å²) in [4.78, 5) is 9.71. The van der Waals surface area contributed by atoms with Gasteiger partial charge >= 0.3 is 0 Å². The molecule has 0 saturated heterocycles. The van der Waals surface area contributed by atoms with Crippen LogP contribution in [0.1, 0.15) is 0 Å². The zero-order chi connectivity index (χ0) is 10.4. The highest BCUT2D eigenvalue weighted by Gasteiger charge is 2.08. The molecule has 0 saturated carbocycles. The fourth-order valence-electron chi connectivity index (χ4n) is 0.742. The van der Waals surface area contributed by atoms with Crippen LogP contribution in [0.5, 0.6) is 5.75 Å². The van der Waals surface area contributed by atoms with Gasteiger partial charge in [0.25, 0.3) is 16.1 Å². The molecule has 0 radical (unpaired) electrons. The van der Waals surface area contributed by atoms with Gasteiger partial charge in [0.15, 0.2) is 0 Å². The molecule has 1 rings (SSSR count). The molecule has 0 aromatic heterocycles. The first-order valence-corrected chi connectivity index (χ1v) is 5.24. The van der Waals surface area contributed by atoms with Gasteiger partial charge in [0.1, 0.15) is 5.75 Å². The van der Waals surface area contributed by atoms with Crippen molar-refractivity contribution in [3.8, 4) is 5.75 Å². The van der Waals surface area contributed by atoms with Crippen molar-refractivity contribution in [2.75, 3.05) is 5.94 Å². The lowest BCUT2D eigenvalue weighted by Gasteiger charge is -2.01. The Morgan fingerprint density at radius 1 is 1.29 bits per heavy atom. The smallest absolute Gasteiger partial charge is 0.298 e. The number of isocyanates is 1. The number of sulfonamides is 1. The summed E-state index contributed by atoms with van der Waals surface area (Å²) in [5, 5.41) is 0. The van der Waals surface area contributed by atoms with Crippen LogP contribution >= 0.6 is 0 Å². The third-order valence-corrected chi connectivity index (χ3v) is 2.06. The Labute approximate surface area is 81.1 Å². The van der Waals surface area contributed by atoms with Crippen molar-refractivity contribution >= 4 is 16.1 Å². The van der Waals surface area contributed by atoms with E-state index >= 15 is 0 Å². The summed E-state index contributed by atoms with van der Waals surface area (Å²) in [7, 11) is -3.85. The van der Waals surface area contributed by atoms with E-state index in [4.69, 9.17) is 4.74 Å². The lowest BCUT2D eigenvalue weighted by Crippen LogP contribution is -2.08. The standard InChI is InChI=1S/C8H7NO4S/c10-6-9-14(11,12)7-13-8-4-2-1-3-5-8/h1-5H,7H2. The van der Waals surface area contributed by atoms with Crippen LogP contribution < -0.4 is 4.74 Å². The first kappa shape index (κ1) is 10.4. The Hall–Kier alpha value is -1.65. The van der Waals surface area contributed by atoms with Gasteiger partial charge in [-0.25, -0.2) is 13.2 Å². The minimum Gasteiger partial charge on any atom is -0.476 e. The molecule has 5 nitrogen and oxygen atoms in total. The highest BCUT2D eigenvalue weighted by Crippen LogP contribution is 2.09. The number of hydrogen-bond acceptors (Lipinski definition) is 4. The van der Waals surface area contributed by atoms with Gasteiger partial charge in [-0.3, -0.25) is 0 Å². The van der Waals surface area contributed by atoms with E-state index in [1.54, 1.807) is 30.3 Å². The van der Waals surface area contributed by atoms with E-state index in [0.29, 0.717) is 5.75 Å². The molecule has 74 valence electrons. The summed E-state index contributed by atoms with van der Waals surface area (Å²) in [6.45, 7) is 0. The second-order valence-corrected chi connectivity index (χ2v) is 3.92. The third-order valence-electron chi connectivity index (χ3n) is 1.29. The van der Waals surface area contributed by atoms with E-state index in [1.807, 2.05) is 0 Å². The van der Waals surface area contributed by atoms with Gasteiger partial charge in [0, 0.05) is 0 Å². The Bertz CT molecular complexity index is 434. The van der Waals surface area contributed by atoms with E-state index in [2.05, 4.69) is 4.40 Å². The van der Waals surface area contributed by atoms with Crippen molar-refractivity contribution in [3.63, 3.8) is 0 Å². The molecular formula is C8H7NO4S. The first-order valence-electron chi connectivity index (χ1n) is 3.64. The van der Waals surface area contributed by atoms with Crippen LogP contribution in [0.4, 0.5) is 0 Å². The number of benzene rings is 1. The molecule has 0 bridgehead atoms. The van der Waals surface area contributed by atoms with Crippen molar-refractivity contribution in [1.29, 1.82) is 0 Å². The van der Waals surface area contributed by atoms with E-state index in [0.717, 1.165) is 6.08 Å². The van der Waals surface area contributed by atoms with Gasteiger partial charge in [0.05, 0.1) is 0 Å². The average molecular weight is 213 g/mol. The van der Waals surface area contributed by atoms with Gasteiger partial charge < -0.3 is 4.74 Å². The maximum atomic E-state index is 10.8. The molecule has 1 aromatic carbocycles. The van der Waals surface area contributed by atoms with Crippen LogP contribution in [0, 0.1) is 0 Å². The zero-order valence-electron chi connectivity index (χ0n) is 7.08. The van der Waals surface area contributed by atoms with Crippen molar-refractivity contribution < 1.29 is 17.9 Å². The fourth-order valence-corrected chi connectivity index (χ4v) is 1.19. The average Bonchev–Trinajstić information content (AvgIpc) is 2.17. The van der Waals surface area contributed by atoms with E-state index in [1.165, 1.54) is 0 Å². The van der Waals surface area contributed by atoms with Crippen LogP contribution in [-0.2, 0) is 14.8 Å². The fraction of sp³-hybridized carbons (Fsp3) is 0.125. The lowest BCUT2D eigenvalue weighted by molar-refractivity contribution is 0.377. The summed E-state index contributed by atoms with van der Waals surface area (Å²) in [5.74, 6) is -0.260. The molecule has 14 heavy (non-hydrogen) atoms. The predicted molar refractivity (Wildman–Crippen MR) is 49.0 cm³/mol. The molecule has 0 N–H and O–H groups in total. The van der Waals surface area contributed by atoms with Gasteiger partial charge in [-0.2, -0.15) is 0 Å². The third kappa shape index (κ3) is 3.38. The molecule has 0 spiro atoms. The summed E-state index contributed by atoms with van der Waals surface area (Å²) >= 11 is 0. The second-order valence-electron chi connectivity index (χ2n) is 2.34. The molecule has 0 unspecified atom stereocenters. The largest absolute Gasteiger partial charge is 0.476 e. The minimum absolute atomic E-state index is 0.400. The molecule has 6 heteroatoms. The van der Waals surface area contributed by atoms with Crippen LogP contribution in [0.15, 0.2) is 34.7 Å². The SMILES string of the molecule is O=C=NS(=O)(=O)COc1ccccc1. The van der Waals surface area contributed by atoms with Crippen LogP contribution in [0.25, 0.3) is 0 Å². The Morgan fingerprint density at radius 2 is 1.93 bits per heavy atom. The molecule has 0 heterocycles. The van der Waals surface area contributed by atoms with Crippen molar-refractivity contribution in [2.24, 2.45) is 4.40 Å². The second kappa shape index (κ2) is 4.55.